The number of nitrogens with zero attached hydrogens (tertiary/aromatic N) is 4. The molecule has 0 aliphatic carbocycles. The highest BCUT2D eigenvalue weighted by molar-refractivity contribution is 9.10. The molecule has 3 aromatic heterocycles. The van der Waals surface area contributed by atoms with E-state index in [1.165, 1.54) is 11.3 Å². The van der Waals surface area contributed by atoms with Gasteiger partial charge in [-0.25, -0.2) is 9.50 Å². The Morgan fingerprint density at radius 1 is 1.03 bits per heavy atom. The Hall–Kier alpha value is -2.88. The van der Waals surface area contributed by atoms with Crippen LogP contribution in [-0.4, -0.2) is 26.3 Å². The third-order valence-corrected chi connectivity index (χ3v) is 7.84. The van der Waals surface area contributed by atoms with E-state index in [0.717, 1.165) is 37.1 Å². The first-order valence-electron chi connectivity index (χ1n) is 9.87. The third kappa shape index (κ3) is 3.28. The van der Waals surface area contributed by atoms with Gasteiger partial charge in [-0.05, 0) is 36.4 Å². The monoisotopic (exact) mass is 522 g/mol. The zero-order valence-electron chi connectivity index (χ0n) is 16.5. The largest absolute Gasteiger partial charge is 0.462 e. The second-order valence-electron chi connectivity index (χ2n) is 7.19. The molecule has 1 atom stereocenters. The van der Waals surface area contributed by atoms with E-state index >= 15 is 0 Å². The number of hydrogen-bond acceptors (Lipinski definition) is 6. The van der Waals surface area contributed by atoms with Crippen LogP contribution in [0.25, 0.3) is 27.0 Å². The zero-order chi connectivity index (χ0) is 21.7. The van der Waals surface area contributed by atoms with E-state index in [1.807, 2.05) is 76.1 Å². The molecule has 32 heavy (non-hydrogen) atoms. The summed E-state index contributed by atoms with van der Waals surface area (Å²) in [6, 6.07) is 21.5. The highest BCUT2D eigenvalue weighted by atomic mass is 79.9. The number of amides is 1. The van der Waals surface area contributed by atoms with E-state index in [4.69, 9.17) is 14.5 Å². The molecular weight excluding hydrogens is 508 g/mol. The lowest BCUT2D eigenvalue weighted by atomic mass is 10.1. The van der Waals surface area contributed by atoms with Gasteiger partial charge in [0.15, 0.2) is 10.8 Å². The molecule has 4 heterocycles. The lowest BCUT2D eigenvalue weighted by molar-refractivity contribution is -0.115. The summed E-state index contributed by atoms with van der Waals surface area (Å²) in [5, 5.41) is 5.34. The van der Waals surface area contributed by atoms with Gasteiger partial charge in [-0.15, -0.1) is 11.8 Å². The molecule has 2 aromatic carbocycles. The molecule has 1 amide bonds. The Labute approximate surface area is 200 Å². The molecule has 1 fully saturated rings. The molecule has 1 aliphatic heterocycles. The predicted molar refractivity (Wildman–Crippen MR) is 131 cm³/mol. The van der Waals surface area contributed by atoms with E-state index in [-0.39, 0.29) is 11.3 Å². The zero-order valence-corrected chi connectivity index (χ0v) is 19.7. The maximum atomic E-state index is 12.9. The number of fused-ring (bicyclic) bond motifs is 1. The average molecular weight is 523 g/mol. The Bertz CT molecular complexity index is 1410. The van der Waals surface area contributed by atoms with Crippen LogP contribution in [0.1, 0.15) is 11.1 Å². The molecule has 6 rings (SSSR count). The Morgan fingerprint density at radius 2 is 1.84 bits per heavy atom. The molecule has 158 valence electrons. The highest BCUT2D eigenvalue weighted by Crippen LogP contribution is 2.46. The number of aromatic nitrogens is 3. The van der Waals surface area contributed by atoms with Gasteiger partial charge in [0.2, 0.25) is 10.9 Å². The van der Waals surface area contributed by atoms with Gasteiger partial charge in [0.1, 0.15) is 11.1 Å². The normalized spacial score (nSPS) is 16.3. The quantitative estimate of drug-likeness (QED) is 0.278. The minimum Gasteiger partial charge on any atom is -0.462 e. The standard InChI is InChI=1S/C23H15BrN4O2S2/c24-15-10-8-14(9-11-15)19-20(22-27(18(29)13-31-22)16-5-2-1-3-6-16)28-23(25-19)32-21(26-28)17-7-4-12-30-17/h1-12,22H,13H2. The van der Waals surface area contributed by atoms with E-state index in [1.54, 1.807) is 18.0 Å². The van der Waals surface area contributed by atoms with Crippen molar-refractivity contribution < 1.29 is 9.21 Å². The van der Waals surface area contributed by atoms with Crippen LogP contribution >= 0.6 is 39.0 Å². The van der Waals surface area contributed by atoms with Gasteiger partial charge in [-0.2, -0.15) is 5.10 Å². The molecular formula is C23H15BrN4O2S2. The van der Waals surface area contributed by atoms with Gasteiger partial charge in [-0.1, -0.05) is 57.6 Å². The van der Waals surface area contributed by atoms with Crippen LogP contribution < -0.4 is 4.90 Å². The number of benzene rings is 2. The first-order valence-corrected chi connectivity index (χ1v) is 12.5. The predicted octanol–water partition coefficient (Wildman–Crippen LogP) is 6.26. The average Bonchev–Trinajstić information content (AvgIpc) is 3.58. The summed E-state index contributed by atoms with van der Waals surface area (Å²) in [7, 11) is 0. The number of carbonyl (C=O) groups is 1. The maximum absolute atomic E-state index is 12.9. The van der Waals surface area contributed by atoms with Crippen molar-refractivity contribution in [2.75, 3.05) is 10.7 Å². The fraction of sp³-hybridized carbons (Fsp3) is 0.0870. The summed E-state index contributed by atoms with van der Waals surface area (Å²) in [6.07, 6.45) is 1.64. The van der Waals surface area contributed by atoms with Crippen molar-refractivity contribution >= 4 is 55.6 Å². The Balaban J connectivity index is 1.56. The van der Waals surface area contributed by atoms with Gasteiger partial charge in [0, 0.05) is 15.7 Å². The summed E-state index contributed by atoms with van der Waals surface area (Å²) in [5.41, 5.74) is 3.56. The first kappa shape index (κ1) is 19.8. The summed E-state index contributed by atoms with van der Waals surface area (Å²) in [5.74, 6) is 1.18. The molecule has 0 saturated carbocycles. The van der Waals surface area contributed by atoms with Crippen molar-refractivity contribution in [1.82, 2.24) is 14.6 Å². The number of rotatable bonds is 4. The molecule has 9 heteroatoms. The third-order valence-electron chi connectivity index (χ3n) is 5.22. The lowest BCUT2D eigenvalue weighted by Crippen LogP contribution is -2.28. The number of imidazole rings is 1. The minimum absolute atomic E-state index is 0.0735. The fourth-order valence-electron chi connectivity index (χ4n) is 3.80. The van der Waals surface area contributed by atoms with Crippen molar-refractivity contribution in [1.29, 1.82) is 0 Å². The molecule has 0 radical (unpaired) electrons. The number of para-hydroxylation sites is 1. The molecule has 5 aromatic rings. The van der Waals surface area contributed by atoms with Crippen LogP contribution in [0.4, 0.5) is 5.69 Å². The van der Waals surface area contributed by atoms with E-state index in [0.29, 0.717) is 11.5 Å². The topological polar surface area (TPSA) is 63.6 Å². The molecule has 1 aliphatic rings. The SMILES string of the molecule is O=C1CSC(c2c(-c3ccc(Br)cc3)nc3sc(-c4ccco4)nn23)N1c1ccccc1. The van der Waals surface area contributed by atoms with Gasteiger partial charge >= 0.3 is 0 Å². The maximum Gasteiger partial charge on any atom is 0.238 e. The molecule has 6 nitrogen and oxygen atoms in total. The van der Waals surface area contributed by atoms with Gasteiger partial charge in [0.05, 0.1) is 17.7 Å². The van der Waals surface area contributed by atoms with Gasteiger partial charge in [0.25, 0.3) is 0 Å². The van der Waals surface area contributed by atoms with Gasteiger partial charge in [-0.3, -0.25) is 9.69 Å². The molecule has 0 bridgehead atoms. The Kier molecular flexibility index (Phi) is 4.89. The number of hydrogen-bond donors (Lipinski definition) is 0. The fourth-order valence-corrected chi connectivity index (χ4v) is 6.14. The molecule has 1 unspecified atom stereocenters. The second-order valence-corrected chi connectivity index (χ2v) is 10.1. The van der Waals surface area contributed by atoms with Crippen molar-refractivity contribution in [3.8, 4) is 22.0 Å². The number of carbonyl (C=O) groups excluding carboxylic acids is 1. The summed E-state index contributed by atoms with van der Waals surface area (Å²) >= 11 is 6.57. The number of halogens is 1. The van der Waals surface area contributed by atoms with Crippen molar-refractivity contribution in [3.05, 3.63) is 83.2 Å². The van der Waals surface area contributed by atoms with E-state index < -0.39 is 0 Å². The lowest BCUT2D eigenvalue weighted by Gasteiger charge is -2.24. The summed E-state index contributed by atoms with van der Waals surface area (Å²) in [4.78, 5) is 20.5. The van der Waals surface area contributed by atoms with Crippen molar-refractivity contribution in [2.45, 2.75) is 5.37 Å². The van der Waals surface area contributed by atoms with Gasteiger partial charge < -0.3 is 4.42 Å². The summed E-state index contributed by atoms with van der Waals surface area (Å²) < 4.78 is 8.42. The first-order chi connectivity index (χ1) is 15.7. The van der Waals surface area contributed by atoms with Crippen LogP contribution in [-0.2, 0) is 4.79 Å². The smallest absolute Gasteiger partial charge is 0.238 e. The highest BCUT2D eigenvalue weighted by Gasteiger charge is 2.39. The van der Waals surface area contributed by atoms with Crippen LogP contribution in [0.5, 0.6) is 0 Å². The van der Waals surface area contributed by atoms with E-state index in [9.17, 15) is 4.79 Å². The van der Waals surface area contributed by atoms with Crippen molar-refractivity contribution in [2.24, 2.45) is 0 Å². The van der Waals surface area contributed by atoms with Crippen LogP contribution in [0.3, 0.4) is 0 Å². The van der Waals surface area contributed by atoms with E-state index in [2.05, 4.69) is 15.9 Å². The van der Waals surface area contributed by atoms with Crippen LogP contribution in [0, 0.1) is 0 Å². The summed E-state index contributed by atoms with van der Waals surface area (Å²) in [6.45, 7) is 0. The number of furan rings is 1. The number of thioether (sulfide) groups is 1. The minimum atomic E-state index is -0.245. The van der Waals surface area contributed by atoms with Crippen LogP contribution in [0.2, 0.25) is 0 Å². The second kappa shape index (κ2) is 7.91. The Morgan fingerprint density at radius 3 is 2.59 bits per heavy atom. The number of anilines is 1. The molecule has 1 saturated heterocycles. The van der Waals surface area contributed by atoms with Crippen molar-refractivity contribution in [3.63, 3.8) is 0 Å². The molecule has 0 spiro atoms. The molecule has 0 N–H and O–H groups in total. The van der Waals surface area contributed by atoms with Crippen LogP contribution in [0.15, 0.2) is 81.9 Å².